The molecule has 0 amide bonds. The van der Waals surface area contributed by atoms with E-state index in [2.05, 4.69) is 18.7 Å². The third kappa shape index (κ3) is 4.43. The fourth-order valence-corrected chi connectivity index (χ4v) is 2.49. The van der Waals surface area contributed by atoms with Crippen LogP contribution in [0, 0.1) is 5.41 Å². The summed E-state index contributed by atoms with van der Waals surface area (Å²) in [6.07, 6.45) is 0. The van der Waals surface area contributed by atoms with E-state index in [0.29, 0.717) is 12.6 Å². The first-order valence-electron chi connectivity index (χ1n) is 7.25. The van der Waals surface area contributed by atoms with Gasteiger partial charge in [0.1, 0.15) is 0 Å². The molecule has 1 aromatic carbocycles. The minimum atomic E-state index is -0.403. The van der Waals surface area contributed by atoms with Crippen LogP contribution in [0.4, 0.5) is 0 Å². The van der Waals surface area contributed by atoms with Crippen LogP contribution >= 0.6 is 0 Å². The van der Waals surface area contributed by atoms with Gasteiger partial charge in [0.15, 0.2) is 5.78 Å². The molecule has 0 aromatic heterocycles. The molecule has 1 unspecified atom stereocenters. The largest absolute Gasteiger partial charge is 0.383 e. The first kappa shape index (κ1) is 16.9. The van der Waals surface area contributed by atoms with Crippen molar-refractivity contribution in [3.8, 4) is 0 Å². The Hall–Kier alpha value is -1.19. The van der Waals surface area contributed by atoms with Gasteiger partial charge in [0.05, 0.1) is 6.61 Å². The second-order valence-electron chi connectivity index (χ2n) is 5.95. The van der Waals surface area contributed by atoms with Gasteiger partial charge in [0, 0.05) is 30.7 Å². The monoisotopic (exact) mass is 277 g/mol. The van der Waals surface area contributed by atoms with Crippen molar-refractivity contribution in [3.63, 3.8) is 0 Å². The number of carbonyl (C=O) groups excluding carboxylic acids is 1. The predicted octanol–water partition coefficient (Wildman–Crippen LogP) is 3.25. The van der Waals surface area contributed by atoms with E-state index in [4.69, 9.17) is 4.74 Å². The van der Waals surface area contributed by atoms with Crippen LogP contribution < -0.4 is 0 Å². The Labute approximate surface area is 122 Å². The predicted molar refractivity (Wildman–Crippen MR) is 83.1 cm³/mol. The van der Waals surface area contributed by atoms with Crippen molar-refractivity contribution in [2.75, 3.05) is 26.8 Å². The SMILES string of the molecule is CCN(CC(C)(C)C(=O)c1ccccc1)C(C)COC. The van der Waals surface area contributed by atoms with Crippen molar-refractivity contribution in [2.24, 2.45) is 5.41 Å². The standard InChI is InChI=1S/C17H27NO2/c1-6-18(14(2)12-20-5)13-17(3,4)16(19)15-10-8-7-9-11-15/h7-11,14H,6,12-13H2,1-5H3. The van der Waals surface area contributed by atoms with Crippen molar-refractivity contribution >= 4 is 5.78 Å². The number of hydrogen-bond acceptors (Lipinski definition) is 3. The van der Waals surface area contributed by atoms with E-state index >= 15 is 0 Å². The summed E-state index contributed by atoms with van der Waals surface area (Å²) in [5.74, 6) is 0.196. The molecular weight excluding hydrogens is 250 g/mol. The van der Waals surface area contributed by atoms with Crippen molar-refractivity contribution in [1.29, 1.82) is 0 Å². The second-order valence-corrected chi connectivity index (χ2v) is 5.95. The number of rotatable bonds is 8. The van der Waals surface area contributed by atoms with Crippen LogP contribution in [0.2, 0.25) is 0 Å². The Morgan fingerprint density at radius 2 is 1.90 bits per heavy atom. The summed E-state index contributed by atoms with van der Waals surface area (Å²) < 4.78 is 5.22. The molecular formula is C17H27NO2. The van der Waals surface area contributed by atoms with Gasteiger partial charge in [-0.05, 0) is 13.5 Å². The molecule has 3 nitrogen and oxygen atoms in total. The number of benzene rings is 1. The van der Waals surface area contributed by atoms with Crippen LogP contribution in [0.1, 0.15) is 38.1 Å². The van der Waals surface area contributed by atoms with E-state index in [1.54, 1.807) is 7.11 Å². The van der Waals surface area contributed by atoms with E-state index in [1.807, 2.05) is 44.2 Å². The molecule has 0 aliphatic heterocycles. The summed E-state index contributed by atoms with van der Waals surface area (Å²) in [6.45, 7) is 10.6. The average Bonchev–Trinajstić information content (AvgIpc) is 2.45. The van der Waals surface area contributed by atoms with Crippen molar-refractivity contribution in [1.82, 2.24) is 4.90 Å². The maximum Gasteiger partial charge on any atom is 0.169 e. The van der Waals surface area contributed by atoms with Crippen LogP contribution in [0.3, 0.4) is 0 Å². The van der Waals surface area contributed by atoms with Crippen LogP contribution in [-0.2, 0) is 4.74 Å². The summed E-state index contributed by atoms with van der Waals surface area (Å²) >= 11 is 0. The lowest BCUT2D eigenvalue weighted by molar-refractivity contribution is 0.0598. The molecule has 0 bridgehead atoms. The average molecular weight is 277 g/mol. The molecule has 0 radical (unpaired) electrons. The zero-order chi connectivity index (χ0) is 15.2. The van der Waals surface area contributed by atoms with Crippen LogP contribution in [0.25, 0.3) is 0 Å². The minimum absolute atomic E-state index is 0.196. The Morgan fingerprint density at radius 3 is 2.40 bits per heavy atom. The molecule has 0 fully saturated rings. The quantitative estimate of drug-likeness (QED) is 0.683. The minimum Gasteiger partial charge on any atom is -0.383 e. The number of methoxy groups -OCH3 is 1. The second kappa shape index (κ2) is 7.55. The number of ether oxygens (including phenoxy) is 1. The summed E-state index contributed by atoms with van der Waals surface area (Å²) in [5, 5.41) is 0. The topological polar surface area (TPSA) is 29.5 Å². The highest BCUT2D eigenvalue weighted by Crippen LogP contribution is 2.24. The van der Waals surface area contributed by atoms with Gasteiger partial charge in [-0.3, -0.25) is 9.69 Å². The third-order valence-electron chi connectivity index (χ3n) is 3.69. The van der Waals surface area contributed by atoms with Crippen molar-refractivity contribution < 1.29 is 9.53 Å². The number of Topliss-reactive ketones (excluding diaryl/α,β-unsaturated/α-hetero) is 1. The molecule has 0 aliphatic carbocycles. The highest BCUT2D eigenvalue weighted by molar-refractivity contribution is 6.00. The first-order valence-corrected chi connectivity index (χ1v) is 7.25. The Morgan fingerprint density at radius 1 is 1.30 bits per heavy atom. The highest BCUT2D eigenvalue weighted by atomic mass is 16.5. The zero-order valence-corrected chi connectivity index (χ0v) is 13.3. The summed E-state index contributed by atoms with van der Waals surface area (Å²) in [7, 11) is 1.71. The van der Waals surface area contributed by atoms with Crippen molar-refractivity contribution in [2.45, 2.75) is 33.7 Å². The van der Waals surface area contributed by atoms with Gasteiger partial charge in [-0.25, -0.2) is 0 Å². The third-order valence-corrected chi connectivity index (χ3v) is 3.69. The van der Waals surface area contributed by atoms with Crippen LogP contribution in [-0.4, -0.2) is 43.5 Å². The van der Waals surface area contributed by atoms with E-state index in [0.717, 1.165) is 18.7 Å². The highest BCUT2D eigenvalue weighted by Gasteiger charge is 2.31. The molecule has 0 heterocycles. The lowest BCUT2D eigenvalue weighted by Crippen LogP contribution is -2.45. The van der Waals surface area contributed by atoms with Gasteiger partial charge in [0.2, 0.25) is 0 Å². The lowest BCUT2D eigenvalue weighted by atomic mass is 9.83. The van der Waals surface area contributed by atoms with Crippen LogP contribution in [0.5, 0.6) is 0 Å². The number of hydrogen-bond donors (Lipinski definition) is 0. The number of nitrogens with zero attached hydrogens (tertiary/aromatic N) is 1. The Bertz CT molecular complexity index is 414. The number of likely N-dealkylation sites (N-methyl/N-ethyl adjacent to an activating group) is 1. The summed E-state index contributed by atoms with van der Waals surface area (Å²) in [5.41, 5.74) is 0.382. The summed E-state index contributed by atoms with van der Waals surface area (Å²) in [4.78, 5) is 14.9. The smallest absolute Gasteiger partial charge is 0.169 e. The van der Waals surface area contributed by atoms with Crippen molar-refractivity contribution in [3.05, 3.63) is 35.9 Å². The zero-order valence-electron chi connectivity index (χ0n) is 13.3. The van der Waals surface area contributed by atoms with E-state index in [9.17, 15) is 4.79 Å². The number of ketones is 1. The molecule has 20 heavy (non-hydrogen) atoms. The Balaban J connectivity index is 2.79. The summed E-state index contributed by atoms with van der Waals surface area (Å²) in [6, 6.07) is 9.84. The molecule has 1 aromatic rings. The van der Waals surface area contributed by atoms with E-state index < -0.39 is 5.41 Å². The molecule has 0 aliphatic rings. The molecule has 1 rings (SSSR count). The molecule has 1 atom stereocenters. The van der Waals surface area contributed by atoms with Gasteiger partial charge in [0.25, 0.3) is 0 Å². The molecule has 0 spiro atoms. The van der Waals surface area contributed by atoms with Gasteiger partial charge in [-0.2, -0.15) is 0 Å². The van der Waals surface area contributed by atoms with E-state index in [1.165, 1.54) is 0 Å². The van der Waals surface area contributed by atoms with E-state index in [-0.39, 0.29) is 5.78 Å². The molecule has 0 saturated heterocycles. The molecule has 0 N–H and O–H groups in total. The van der Waals surface area contributed by atoms with Gasteiger partial charge in [-0.1, -0.05) is 51.1 Å². The van der Waals surface area contributed by atoms with Crippen LogP contribution in [0.15, 0.2) is 30.3 Å². The first-order chi connectivity index (χ1) is 9.42. The van der Waals surface area contributed by atoms with Gasteiger partial charge < -0.3 is 4.74 Å². The fourth-order valence-electron chi connectivity index (χ4n) is 2.49. The lowest BCUT2D eigenvalue weighted by Gasteiger charge is -2.34. The molecule has 3 heteroatoms. The number of carbonyl (C=O) groups is 1. The maximum atomic E-state index is 12.6. The van der Waals surface area contributed by atoms with Gasteiger partial charge in [-0.15, -0.1) is 0 Å². The molecule has 0 saturated carbocycles. The van der Waals surface area contributed by atoms with Gasteiger partial charge >= 0.3 is 0 Å². The fraction of sp³-hybridized carbons (Fsp3) is 0.588. The maximum absolute atomic E-state index is 12.6. The molecule has 112 valence electrons. The normalized spacial score (nSPS) is 13.5. The Kier molecular flexibility index (Phi) is 6.37.